The molecule has 0 saturated carbocycles. The highest BCUT2D eigenvalue weighted by Crippen LogP contribution is 2.31. The average molecular weight is 225 g/mol. The Labute approximate surface area is 98.1 Å². The number of nitrogens with zero attached hydrogens (tertiary/aromatic N) is 1. The van der Waals surface area contributed by atoms with Crippen molar-refractivity contribution in [2.45, 2.75) is 0 Å². The fourth-order valence-corrected chi connectivity index (χ4v) is 1.72. The largest absolute Gasteiger partial charge is 0.455 e. The molecule has 0 amide bonds. The predicted octanol–water partition coefficient (Wildman–Crippen LogP) is 2.94. The molecule has 0 radical (unpaired) electrons. The standard InChI is InChI=1S/C13H11N3O/c14-12-11(17-9-4-2-1-3-5-9)7-6-10-13(12)16-8-15-10/h1-8H,14H2,(H,15,16). The average Bonchev–Trinajstić information content (AvgIpc) is 2.83. The second kappa shape index (κ2) is 3.83. The van der Waals surface area contributed by atoms with Crippen molar-refractivity contribution in [3.05, 3.63) is 48.8 Å². The molecule has 0 aliphatic rings. The summed E-state index contributed by atoms with van der Waals surface area (Å²) in [6.07, 6.45) is 1.62. The van der Waals surface area contributed by atoms with E-state index in [-0.39, 0.29) is 0 Å². The van der Waals surface area contributed by atoms with Gasteiger partial charge in [-0.05, 0) is 24.3 Å². The maximum atomic E-state index is 6.00. The van der Waals surface area contributed by atoms with Gasteiger partial charge >= 0.3 is 0 Å². The first-order valence-corrected chi connectivity index (χ1v) is 5.29. The van der Waals surface area contributed by atoms with Crippen LogP contribution in [0.25, 0.3) is 11.0 Å². The molecule has 0 fully saturated rings. The van der Waals surface area contributed by atoms with E-state index < -0.39 is 0 Å². The van der Waals surface area contributed by atoms with Crippen LogP contribution >= 0.6 is 0 Å². The zero-order valence-corrected chi connectivity index (χ0v) is 9.05. The van der Waals surface area contributed by atoms with Crippen molar-refractivity contribution in [1.29, 1.82) is 0 Å². The maximum absolute atomic E-state index is 6.00. The number of rotatable bonds is 2. The van der Waals surface area contributed by atoms with Gasteiger partial charge in [-0.15, -0.1) is 0 Å². The molecule has 4 nitrogen and oxygen atoms in total. The molecule has 0 saturated heterocycles. The molecular formula is C13H11N3O. The van der Waals surface area contributed by atoms with Crippen LogP contribution in [0.2, 0.25) is 0 Å². The van der Waals surface area contributed by atoms with Gasteiger partial charge in [0, 0.05) is 0 Å². The number of nitrogen functional groups attached to an aromatic ring is 1. The molecular weight excluding hydrogens is 214 g/mol. The van der Waals surface area contributed by atoms with Crippen LogP contribution < -0.4 is 10.5 Å². The molecule has 0 unspecified atom stereocenters. The Morgan fingerprint density at radius 3 is 2.71 bits per heavy atom. The molecule has 0 aliphatic carbocycles. The number of aromatic nitrogens is 2. The predicted molar refractivity (Wildman–Crippen MR) is 67.0 cm³/mol. The molecule has 84 valence electrons. The third-order valence-electron chi connectivity index (χ3n) is 2.56. The number of anilines is 1. The van der Waals surface area contributed by atoms with E-state index in [1.54, 1.807) is 6.33 Å². The van der Waals surface area contributed by atoms with Gasteiger partial charge in [-0.2, -0.15) is 0 Å². The highest BCUT2D eigenvalue weighted by Gasteiger charge is 2.08. The van der Waals surface area contributed by atoms with Crippen molar-refractivity contribution >= 4 is 16.7 Å². The molecule has 2 aromatic carbocycles. The van der Waals surface area contributed by atoms with Gasteiger partial charge in [0.25, 0.3) is 0 Å². The van der Waals surface area contributed by atoms with E-state index >= 15 is 0 Å². The minimum atomic E-state index is 0.549. The Bertz CT molecular complexity index is 646. The van der Waals surface area contributed by atoms with Gasteiger partial charge in [0.15, 0.2) is 5.75 Å². The van der Waals surface area contributed by atoms with Gasteiger partial charge in [0.05, 0.1) is 11.8 Å². The number of hydrogen-bond donors (Lipinski definition) is 2. The topological polar surface area (TPSA) is 63.9 Å². The number of aromatic amines is 1. The van der Waals surface area contributed by atoms with Gasteiger partial charge in [0.1, 0.15) is 17.0 Å². The van der Waals surface area contributed by atoms with Crippen LogP contribution in [0.3, 0.4) is 0 Å². The Morgan fingerprint density at radius 1 is 1.06 bits per heavy atom. The summed E-state index contributed by atoms with van der Waals surface area (Å²) in [5.41, 5.74) is 8.19. The van der Waals surface area contributed by atoms with E-state index in [2.05, 4.69) is 9.97 Å². The van der Waals surface area contributed by atoms with E-state index in [1.165, 1.54) is 0 Å². The smallest absolute Gasteiger partial charge is 0.152 e. The number of H-pyrrole nitrogens is 1. The fourth-order valence-electron chi connectivity index (χ4n) is 1.72. The quantitative estimate of drug-likeness (QED) is 0.659. The Kier molecular flexibility index (Phi) is 2.19. The highest BCUT2D eigenvalue weighted by molar-refractivity contribution is 5.90. The van der Waals surface area contributed by atoms with Crippen molar-refractivity contribution in [2.24, 2.45) is 0 Å². The molecule has 17 heavy (non-hydrogen) atoms. The van der Waals surface area contributed by atoms with E-state index in [0.717, 1.165) is 16.8 Å². The zero-order chi connectivity index (χ0) is 11.7. The monoisotopic (exact) mass is 225 g/mol. The van der Waals surface area contributed by atoms with Crippen LogP contribution in [0.1, 0.15) is 0 Å². The Hall–Kier alpha value is -2.49. The molecule has 1 heterocycles. The first-order chi connectivity index (χ1) is 8.34. The molecule has 0 spiro atoms. The van der Waals surface area contributed by atoms with Crippen LogP contribution in [-0.4, -0.2) is 9.97 Å². The third-order valence-corrected chi connectivity index (χ3v) is 2.56. The Morgan fingerprint density at radius 2 is 1.88 bits per heavy atom. The van der Waals surface area contributed by atoms with Gasteiger partial charge in [-0.1, -0.05) is 18.2 Å². The summed E-state index contributed by atoms with van der Waals surface area (Å²) in [4.78, 5) is 7.16. The Balaban J connectivity index is 2.03. The van der Waals surface area contributed by atoms with Crippen molar-refractivity contribution in [3.63, 3.8) is 0 Å². The number of nitrogens with one attached hydrogen (secondary N) is 1. The summed E-state index contributed by atoms with van der Waals surface area (Å²) in [5.74, 6) is 1.38. The number of fused-ring (bicyclic) bond motifs is 1. The zero-order valence-electron chi connectivity index (χ0n) is 9.05. The molecule has 0 atom stereocenters. The van der Waals surface area contributed by atoms with Crippen molar-refractivity contribution in [1.82, 2.24) is 9.97 Å². The number of imidazole rings is 1. The number of ether oxygens (including phenoxy) is 1. The van der Waals surface area contributed by atoms with Crippen molar-refractivity contribution in [2.75, 3.05) is 5.73 Å². The second-order valence-corrected chi connectivity index (χ2v) is 3.69. The highest BCUT2D eigenvalue weighted by atomic mass is 16.5. The van der Waals surface area contributed by atoms with E-state index in [9.17, 15) is 0 Å². The normalized spacial score (nSPS) is 10.6. The molecule has 0 aliphatic heterocycles. The maximum Gasteiger partial charge on any atom is 0.152 e. The lowest BCUT2D eigenvalue weighted by Crippen LogP contribution is -1.93. The first kappa shape index (κ1) is 9.72. The summed E-state index contributed by atoms with van der Waals surface area (Å²) in [5, 5.41) is 0. The van der Waals surface area contributed by atoms with Crippen LogP contribution in [0.15, 0.2) is 48.8 Å². The second-order valence-electron chi connectivity index (χ2n) is 3.69. The van der Waals surface area contributed by atoms with Crippen LogP contribution in [-0.2, 0) is 0 Å². The fraction of sp³-hybridized carbons (Fsp3) is 0. The lowest BCUT2D eigenvalue weighted by Gasteiger charge is -2.08. The lowest BCUT2D eigenvalue weighted by atomic mass is 10.2. The third kappa shape index (κ3) is 1.69. The van der Waals surface area contributed by atoms with E-state index in [0.29, 0.717) is 11.4 Å². The number of para-hydroxylation sites is 1. The summed E-state index contributed by atoms with van der Waals surface area (Å²) in [6, 6.07) is 13.3. The van der Waals surface area contributed by atoms with E-state index in [1.807, 2.05) is 42.5 Å². The lowest BCUT2D eigenvalue weighted by molar-refractivity contribution is 0.485. The van der Waals surface area contributed by atoms with Crippen LogP contribution in [0.4, 0.5) is 5.69 Å². The van der Waals surface area contributed by atoms with Crippen LogP contribution in [0, 0.1) is 0 Å². The molecule has 1 aromatic heterocycles. The summed E-state index contributed by atoms with van der Waals surface area (Å²) in [7, 11) is 0. The minimum absolute atomic E-state index is 0.549. The van der Waals surface area contributed by atoms with Crippen molar-refractivity contribution < 1.29 is 4.74 Å². The van der Waals surface area contributed by atoms with E-state index in [4.69, 9.17) is 10.5 Å². The van der Waals surface area contributed by atoms with Gasteiger partial charge in [-0.3, -0.25) is 0 Å². The van der Waals surface area contributed by atoms with Gasteiger partial charge < -0.3 is 15.5 Å². The molecule has 3 aromatic rings. The number of hydrogen-bond acceptors (Lipinski definition) is 3. The van der Waals surface area contributed by atoms with Crippen LogP contribution in [0.5, 0.6) is 11.5 Å². The molecule has 3 N–H and O–H groups in total. The molecule has 4 heteroatoms. The minimum Gasteiger partial charge on any atom is -0.455 e. The molecule has 0 bridgehead atoms. The summed E-state index contributed by atoms with van der Waals surface area (Å²) in [6.45, 7) is 0. The number of benzene rings is 2. The summed E-state index contributed by atoms with van der Waals surface area (Å²) >= 11 is 0. The van der Waals surface area contributed by atoms with Crippen molar-refractivity contribution in [3.8, 4) is 11.5 Å². The first-order valence-electron chi connectivity index (χ1n) is 5.29. The molecule has 3 rings (SSSR count). The summed E-state index contributed by atoms with van der Waals surface area (Å²) < 4.78 is 5.71. The number of nitrogens with two attached hydrogens (primary N) is 1. The van der Waals surface area contributed by atoms with Gasteiger partial charge in [0.2, 0.25) is 0 Å². The SMILES string of the molecule is Nc1c(Oc2ccccc2)ccc2[nH]cnc12. The van der Waals surface area contributed by atoms with Gasteiger partial charge in [-0.25, -0.2) is 4.98 Å².